The smallest absolute Gasteiger partial charge is 0.230 e. The summed E-state index contributed by atoms with van der Waals surface area (Å²) < 4.78 is 0. The third kappa shape index (κ3) is 6.45. The van der Waals surface area contributed by atoms with Crippen LogP contribution in [0.15, 0.2) is 48.5 Å². The lowest BCUT2D eigenvalue weighted by Crippen LogP contribution is -2.48. The topological polar surface area (TPSA) is 43.9 Å². The molecule has 0 spiro atoms. The van der Waals surface area contributed by atoms with Crippen LogP contribution in [0.25, 0.3) is 0 Å². The van der Waals surface area contributed by atoms with E-state index in [4.69, 9.17) is 23.2 Å². The van der Waals surface area contributed by atoms with E-state index in [0.29, 0.717) is 23.0 Å². The molecule has 2 amide bonds. The van der Waals surface area contributed by atoms with Gasteiger partial charge in [0, 0.05) is 46.7 Å². The highest BCUT2D eigenvalue weighted by Crippen LogP contribution is 2.30. The number of piperazine rings is 1. The van der Waals surface area contributed by atoms with E-state index in [1.54, 1.807) is 24.0 Å². The Hall–Kier alpha value is -2.08. The van der Waals surface area contributed by atoms with Crippen molar-refractivity contribution in [3.8, 4) is 0 Å². The largest absolute Gasteiger partial charge is 0.341 e. The summed E-state index contributed by atoms with van der Waals surface area (Å²) in [7, 11) is 1.84. The first-order chi connectivity index (χ1) is 14.8. The molecule has 166 valence electrons. The van der Waals surface area contributed by atoms with E-state index in [0.717, 1.165) is 43.9 Å². The highest BCUT2D eigenvalue weighted by molar-refractivity contribution is 6.42. The molecule has 0 radical (unpaired) electrons. The zero-order valence-corrected chi connectivity index (χ0v) is 19.6. The maximum absolute atomic E-state index is 13.4. The molecule has 1 fully saturated rings. The molecule has 1 saturated heterocycles. The summed E-state index contributed by atoms with van der Waals surface area (Å²) in [6.07, 6.45) is 0.677. The van der Waals surface area contributed by atoms with Gasteiger partial charge in [-0.3, -0.25) is 14.5 Å². The Balaban J connectivity index is 1.71. The summed E-state index contributed by atoms with van der Waals surface area (Å²) in [4.78, 5) is 31.0. The second-order valence-corrected chi connectivity index (χ2v) is 8.86. The minimum Gasteiger partial charge on any atom is -0.341 e. The normalized spacial score (nSPS) is 15.5. The molecule has 1 aliphatic rings. The predicted molar refractivity (Wildman–Crippen MR) is 125 cm³/mol. The van der Waals surface area contributed by atoms with Crippen molar-refractivity contribution >= 4 is 35.0 Å². The van der Waals surface area contributed by atoms with Crippen molar-refractivity contribution in [2.45, 2.75) is 25.8 Å². The van der Waals surface area contributed by atoms with Gasteiger partial charge < -0.3 is 9.80 Å². The molecule has 0 N–H and O–H groups in total. The lowest BCUT2D eigenvalue weighted by molar-refractivity contribution is -0.132. The number of hydrogen-bond acceptors (Lipinski definition) is 3. The van der Waals surface area contributed by atoms with E-state index in [1.165, 1.54) is 0 Å². The number of nitrogens with zero attached hydrogens (tertiary/aromatic N) is 3. The monoisotopic (exact) mass is 461 g/mol. The maximum Gasteiger partial charge on any atom is 0.230 e. The zero-order chi connectivity index (χ0) is 22.4. The molecule has 5 nitrogen and oxygen atoms in total. The third-order valence-corrected chi connectivity index (χ3v) is 6.57. The van der Waals surface area contributed by atoms with Gasteiger partial charge in [-0.1, -0.05) is 59.6 Å². The van der Waals surface area contributed by atoms with Crippen molar-refractivity contribution in [3.63, 3.8) is 0 Å². The molecule has 1 unspecified atom stereocenters. The van der Waals surface area contributed by atoms with E-state index < -0.39 is 0 Å². The average Bonchev–Trinajstić information content (AvgIpc) is 2.77. The Bertz CT molecular complexity index is 899. The van der Waals surface area contributed by atoms with Gasteiger partial charge in [0.15, 0.2) is 0 Å². The maximum atomic E-state index is 13.4. The summed E-state index contributed by atoms with van der Waals surface area (Å²) in [5.41, 5.74) is 1.97. The fourth-order valence-corrected chi connectivity index (χ4v) is 4.27. The van der Waals surface area contributed by atoms with Crippen LogP contribution in [0, 0.1) is 0 Å². The van der Waals surface area contributed by atoms with Crippen LogP contribution in [-0.2, 0) is 16.1 Å². The van der Waals surface area contributed by atoms with Crippen LogP contribution in [0.2, 0.25) is 10.0 Å². The Morgan fingerprint density at radius 1 is 1.00 bits per heavy atom. The standard InChI is InChI=1S/C24H29Cl2N3O2/c1-18(30)29-14-12-28(13-15-29)11-10-21(20-8-9-22(25)23(26)16-20)24(31)27(2)17-19-6-4-3-5-7-19/h3-9,16,21H,10-15,17H2,1-2H3. The van der Waals surface area contributed by atoms with E-state index in [1.807, 2.05) is 48.3 Å². The molecule has 0 bridgehead atoms. The Morgan fingerprint density at radius 3 is 2.29 bits per heavy atom. The fraction of sp³-hybridized carbons (Fsp3) is 0.417. The van der Waals surface area contributed by atoms with E-state index >= 15 is 0 Å². The number of amides is 2. The van der Waals surface area contributed by atoms with Crippen LogP contribution in [0.3, 0.4) is 0 Å². The second-order valence-electron chi connectivity index (χ2n) is 8.04. The van der Waals surface area contributed by atoms with Gasteiger partial charge in [-0.15, -0.1) is 0 Å². The van der Waals surface area contributed by atoms with Gasteiger partial charge in [-0.05, 0) is 36.2 Å². The zero-order valence-electron chi connectivity index (χ0n) is 18.1. The summed E-state index contributed by atoms with van der Waals surface area (Å²) in [5, 5.41) is 0.937. The molecule has 7 heteroatoms. The Morgan fingerprint density at radius 2 is 1.68 bits per heavy atom. The van der Waals surface area contributed by atoms with Crippen molar-refractivity contribution in [3.05, 3.63) is 69.7 Å². The summed E-state index contributed by atoms with van der Waals surface area (Å²) in [6, 6.07) is 15.4. The molecule has 2 aromatic carbocycles. The molecular weight excluding hydrogens is 433 g/mol. The molecule has 1 aliphatic heterocycles. The number of rotatable bonds is 7. The van der Waals surface area contributed by atoms with Crippen molar-refractivity contribution in [1.82, 2.24) is 14.7 Å². The van der Waals surface area contributed by atoms with Crippen molar-refractivity contribution in [2.24, 2.45) is 0 Å². The van der Waals surface area contributed by atoms with Crippen molar-refractivity contribution in [1.29, 1.82) is 0 Å². The van der Waals surface area contributed by atoms with Gasteiger partial charge >= 0.3 is 0 Å². The lowest BCUT2D eigenvalue weighted by atomic mass is 9.93. The Kier molecular flexibility index (Phi) is 8.35. The Labute approximate surface area is 194 Å². The highest BCUT2D eigenvalue weighted by Gasteiger charge is 2.26. The molecule has 0 aromatic heterocycles. The quantitative estimate of drug-likeness (QED) is 0.617. The lowest BCUT2D eigenvalue weighted by Gasteiger charge is -2.35. The SMILES string of the molecule is CC(=O)N1CCN(CCC(C(=O)N(C)Cc2ccccc2)c2ccc(Cl)c(Cl)c2)CC1. The molecule has 0 saturated carbocycles. The molecule has 1 heterocycles. The molecule has 1 atom stereocenters. The molecule has 31 heavy (non-hydrogen) atoms. The van der Waals surface area contributed by atoms with Crippen molar-refractivity contribution in [2.75, 3.05) is 39.8 Å². The van der Waals surface area contributed by atoms with Gasteiger partial charge in [0.05, 0.1) is 16.0 Å². The third-order valence-electron chi connectivity index (χ3n) is 5.83. The molecule has 0 aliphatic carbocycles. The van der Waals surface area contributed by atoms with Crippen LogP contribution in [0.1, 0.15) is 30.4 Å². The molecule has 3 rings (SSSR count). The first-order valence-electron chi connectivity index (χ1n) is 10.6. The first-order valence-corrected chi connectivity index (χ1v) is 11.3. The second kappa shape index (κ2) is 11.0. The molecular formula is C24H29Cl2N3O2. The van der Waals surface area contributed by atoms with E-state index in [-0.39, 0.29) is 17.7 Å². The van der Waals surface area contributed by atoms with Gasteiger partial charge in [0.25, 0.3) is 0 Å². The van der Waals surface area contributed by atoms with E-state index in [2.05, 4.69) is 4.90 Å². The van der Waals surface area contributed by atoms with E-state index in [9.17, 15) is 9.59 Å². The first kappa shape index (κ1) is 23.6. The van der Waals surface area contributed by atoms with Crippen LogP contribution in [0.4, 0.5) is 0 Å². The van der Waals surface area contributed by atoms with Crippen LogP contribution in [-0.4, -0.2) is 66.3 Å². The van der Waals surface area contributed by atoms with Crippen LogP contribution >= 0.6 is 23.2 Å². The fourth-order valence-electron chi connectivity index (χ4n) is 3.96. The van der Waals surface area contributed by atoms with Gasteiger partial charge in [-0.25, -0.2) is 0 Å². The van der Waals surface area contributed by atoms with Gasteiger partial charge in [0.1, 0.15) is 0 Å². The summed E-state index contributed by atoms with van der Waals surface area (Å²) in [5.74, 6) is -0.134. The number of likely N-dealkylation sites (N-methyl/N-ethyl adjacent to an activating group) is 1. The number of hydrogen-bond donors (Lipinski definition) is 0. The molecule has 2 aromatic rings. The average molecular weight is 462 g/mol. The number of benzene rings is 2. The highest BCUT2D eigenvalue weighted by atomic mass is 35.5. The summed E-state index contributed by atoms with van der Waals surface area (Å²) in [6.45, 7) is 6.04. The minimum atomic E-state index is -0.311. The van der Waals surface area contributed by atoms with Crippen LogP contribution in [0.5, 0.6) is 0 Å². The van der Waals surface area contributed by atoms with Gasteiger partial charge in [-0.2, -0.15) is 0 Å². The van der Waals surface area contributed by atoms with Crippen molar-refractivity contribution < 1.29 is 9.59 Å². The number of carbonyl (C=O) groups is 2. The van der Waals surface area contributed by atoms with Gasteiger partial charge in [0.2, 0.25) is 11.8 Å². The number of carbonyl (C=O) groups excluding carboxylic acids is 2. The predicted octanol–water partition coefficient (Wildman–Crippen LogP) is 4.29. The summed E-state index contributed by atoms with van der Waals surface area (Å²) >= 11 is 12.4. The minimum absolute atomic E-state index is 0.0598. The van der Waals surface area contributed by atoms with Crippen LogP contribution < -0.4 is 0 Å². The number of halogens is 2.